The van der Waals surface area contributed by atoms with Crippen molar-refractivity contribution in [3.05, 3.63) is 39.3 Å². The zero-order valence-electron chi connectivity index (χ0n) is 10.7. The predicted molar refractivity (Wildman–Crippen MR) is 84.3 cm³/mol. The summed E-state index contributed by atoms with van der Waals surface area (Å²) in [5.41, 5.74) is 5.95. The number of nitrogens with zero attached hydrogens (tertiary/aromatic N) is 1. The molecule has 0 saturated carbocycles. The third-order valence-electron chi connectivity index (χ3n) is 2.72. The van der Waals surface area contributed by atoms with Gasteiger partial charge < -0.3 is 5.73 Å². The molecule has 3 N–H and O–H groups in total. The first-order valence-electron chi connectivity index (χ1n) is 5.84. The van der Waals surface area contributed by atoms with E-state index < -0.39 is 10.0 Å². The average Bonchev–Trinajstić information content (AvgIpc) is 2.93. The molecule has 5 nitrogen and oxygen atoms in total. The summed E-state index contributed by atoms with van der Waals surface area (Å²) in [5.74, 6) is 0.0122. The van der Waals surface area contributed by atoms with Crippen molar-refractivity contribution in [2.45, 2.75) is 17.7 Å². The van der Waals surface area contributed by atoms with E-state index in [0.717, 1.165) is 5.01 Å². The van der Waals surface area contributed by atoms with Crippen molar-refractivity contribution in [3.63, 3.8) is 0 Å². The van der Waals surface area contributed by atoms with E-state index >= 15 is 0 Å². The second-order valence-corrected chi connectivity index (χ2v) is 7.88. The van der Waals surface area contributed by atoms with Gasteiger partial charge in [0.05, 0.1) is 10.7 Å². The van der Waals surface area contributed by atoms with Crippen LogP contribution in [-0.4, -0.2) is 19.9 Å². The van der Waals surface area contributed by atoms with Gasteiger partial charge in [0, 0.05) is 28.5 Å². The summed E-state index contributed by atoms with van der Waals surface area (Å²) in [6.45, 7) is 2.20. The Morgan fingerprint density at radius 1 is 1.50 bits per heavy atom. The number of benzene rings is 1. The minimum absolute atomic E-state index is 0.0122. The second-order valence-electron chi connectivity index (χ2n) is 4.31. The molecule has 1 atom stereocenters. The number of thiazole rings is 1. The van der Waals surface area contributed by atoms with Crippen molar-refractivity contribution in [2.75, 3.05) is 12.3 Å². The number of anilines is 1. The predicted octanol–water partition coefficient (Wildman–Crippen LogP) is 2.57. The highest BCUT2D eigenvalue weighted by molar-refractivity contribution is 9.10. The van der Waals surface area contributed by atoms with E-state index in [-0.39, 0.29) is 23.0 Å². The molecular weight excluding hydrogens is 362 g/mol. The standard InChI is InChI=1S/C12H14BrN3O2S2/c1-8(12-15-4-5-19-12)7-16-20(17,18)11-6-9(13)2-3-10(11)14/h2-6,8,16H,7,14H2,1H3. The Balaban J connectivity index is 2.13. The number of nitrogens with one attached hydrogen (secondary N) is 1. The van der Waals surface area contributed by atoms with Crippen LogP contribution in [0.5, 0.6) is 0 Å². The van der Waals surface area contributed by atoms with Gasteiger partial charge >= 0.3 is 0 Å². The Morgan fingerprint density at radius 3 is 2.90 bits per heavy atom. The summed E-state index contributed by atoms with van der Waals surface area (Å²) in [6.07, 6.45) is 1.71. The van der Waals surface area contributed by atoms with Gasteiger partial charge in [0.2, 0.25) is 10.0 Å². The Kier molecular flexibility index (Phi) is 4.79. The summed E-state index contributed by atoms with van der Waals surface area (Å²) < 4.78 is 27.7. The smallest absolute Gasteiger partial charge is 0.242 e. The normalized spacial score (nSPS) is 13.3. The highest BCUT2D eigenvalue weighted by Gasteiger charge is 2.19. The molecule has 1 unspecified atom stereocenters. The number of aromatic nitrogens is 1. The fraction of sp³-hybridized carbons (Fsp3) is 0.250. The minimum Gasteiger partial charge on any atom is -0.398 e. The molecule has 0 radical (unpaired) electrons. The van der Waals surface area contributed by atoms with E-state index in [1.165, 1.54) is 17.4 Å². The molecule has 2 rings (SSSR count). The van der Waals surface area contributed by atoms with Crippen molar-refractivity contribution in [3.8, 4) is 0 Å². The van der Waals surface area contributed by atoms with E-state index in [1.54, 1.807) is 18.3 Å². The topological polar surface area (TPSA) is 85.1 Å². The first kappa shape index (κ1) is 15.4. The van der Waals surface area contributed by atoms with Gasteiger partial charge in [0.1, 0.15) is 4.90 Å². The molecule has 20 heavy (non-hydrogen) atoms. The summed E-state index contributed by atoms with van der Waals surface area (Å²) in [5, 5.41) is 2.77. The monoisotopic (exact) mass is 375 g/mol. The van der Waals surface area contributed by atoms with Gasteiger partial charge in [-0.05, 0) is 18.2 Å². The van der Waals surface area contributed by atoms with Gasteiger partial charge in [0.15, 0.2) is 0 Å². The van der Waals surface area contributed by atoms with Gasteiger partial charge in [-0.2, -0.15) is 0 Å². The number of nitrogens with two attached hydrogens (primary N) is 1. The lowest BCUT2D eigenvalue weighted by Crippen LogP contribution is -2.28. The lowest BCUT2D eigenvalue weighted by molar-refractivity contribution is 0.575. The van der Waals surface area contributed by atoms with Gasteiger partial charge in [-0.25, -0.2) is 18.1 Å². The molecule has 0 saturated heterocycles. The molecule has 8 heteroatoms. The zero-order chi connectivity index (χ0) is 14.8. The van der Waals surface area contributed by atoms with Gasteiger partial charge in [-0.15, -0.1) is 11.3 Å². The number of nitrogen functional groups attached to an aromatic ring is 1. The second kappa shape index (κ2) is 6.21. The first-order chi connectivity index (χ1) is 9.40. The highest BCUT2D eigenvalue weighted by atomic mass is 79.9. The average molecular weight is 376 g/mol. The maximum atomic E-state index is 12.3. The molecule has 0 aliphatic rings. The fourth-order valence-electron chi connectivity index (χ4n) is 1.62. The van der Waals surface area contributed by atoms with Crippen LogP contribution in [0.15, 0.2) is 39.1 Å². The van der Waals surface area contributed by atoms with Crippen molar-refractivity contribution >= 4 is 43.0 Å². The molecule has 0 aliphatic carbocycles. The van der Waals surface area contributed by atoms with Gasteiger partial charge in [-0.3, -0.25) is 0 Å². The lowest BCUT2D eigenvalue weighted by Gasteiger charge is -2.12. The molecule has 2 aromatic rings. The molecule has 0 spiro atoms. The molecule has 0 amide bonds. The molecule has 108 valence electrons. The molecule has 1 heterocycles. The van der Waals surface area contributed by atoms with E-state index in [2.05, 4.69) is 25.6 Å². The van der Waals surface area contributed by atoms with Gasteiger partial charge in [0.25, 0.3) is 0 Å². The number of rotatable bonds is 5. The first-order valence-corrected chi connectivity index (χ1v) is 9.00. The number of halogens is 1. The van der Waals surface area contributed by atoms with E-state index in [9.17, 15) is 8.42 Å². The van der Waals surface area contributed by atoms with Crippen molar-refractivity contribution in [2.24, 2.45) is 0 Å². The van der Waals surface area contributed by atoms with Crippen LogP contribution in [0, 0.1) is 0 Å². The SMILES string of the molecule is CC(CNS(=O)(=O)c1cc(Br)ccc1N)c1nccs1. The highest BCUT2D eigenvalue weighted by Crippen LogP contribution is 2.23. The van der Waals surface area contributed by atoms with Crippen LogP contribution in [0.1, 0.15) is 17.8 Å². The molecule has 1 aromatic heterocycles. The number of hydrogen-bond donors (Lipinski definition) is 2. The third kappa shape index (κ3) is 3.57. The van der Waals surface area contributed by atoms with E-state index in [4.69, 9.17) is 5.73 Å². The fourth-order valence-corrected chi connectivity index (χ4v) is 4.12. The van der Waals surface area contributed by atoms with Crippen molar-refractivity contribution in [1.82, 2.24) is 9.71 Å². The van der Waals surface area contributed by atoms with Crippen LogP contribution >= 0.6 is 27.3 Å². The van der Waals surface area contributed by atoms with Crippen LogP contribution in [0.2, 0.25) is 0 Å². The zero-order valence-corrected chi connectivity index (χ0v) is 13.9. The van der Waals surface area contributed by atoms with E-state index in [1.807, 2.05) is 12.3 Å². The summed E-state index contributed by atoms with van der Waals surface area (Å²) >= 11 is 4.75. The van der Waals surface area contributed by atoms with Crippen LogP contribution in [0.4, 0.5) is 5.69 Å². The largest absolute Gasteiger partial charge is 0.398 e. The molecule has 0 aliphatic heterocycles. The quantitative estimate of drug-likeness (QED) is 0.786. The van der Waals surface area contributed by atoms with Crippen molar-refractivity contribution in [1.29, 1.82) is 0 Å². The molecule has 1 aromatic carbocycles. The number of hydrogen-bond acceptors (Lipinski definition) is 5. The van der Waals surface area contributed by atoms with Crippen molar-refractivity contribution < 1.29 is 8.42 Å². The molecular formula is C12H14BrN3O2S2. The minimum atomic E-state index is -3.63. The van der Waals surface area contributed by atoms with E-state index in [0.29, 0.717) is 4.47 Å². The summed E-state index contributed by atoms with van der Waals surface area (Å²) in [7, 11) is -3.63. The molecule has 0 bridgehead atoms. The maximum absolute atomic E-state index is 12.3. The molecule has 0 fully saturated rings. The number of sulfonamides is 1. The van der Waals surface area contributed by atoms with Crippen LogP contribution in [-0.2, 0) is 10.0 Å². The van der Waals surface area contributed by atoms with Crippen LogP contribution in [0.25, 0.3) is 0 Å². The Bertz CT molecular complexity index is 687. The Hall–Kier alpha value is -0.960. The lowest BCUT2D eigenvalue weighted by atomic mass is 10.2. The Labute approximate surface area is 130 Å². The summed E-state index contributed by atoms with van der Waals surface area (Å²) in [4.78, 5) is 4.25. The van der Waals surface area contributed by atoms with Gasteiger partial charge in [-0.1, -0.05) is 22.9 Å². The Morgan fingerprint density at radius 2 is 2.25 bits per heavy atom. The van der Waals surface area contributed by atoms with Crippen LogP contribution < -0.4 is 10.5 Å². The maximum Gasteiger partial charge on any atom is 0.242 e. The third-order valence-corrected chi connectivity index (χ3v) is 5.70. The summed E-state index contributed by atoms with van der Waals surface area (Å²) in [6, 6.07) is 4.75. The van der Waals surface area contributed by atoms with Crippen LogP contribution in [0.3, 0.4) is 0 Å².